The predicted molar refractivity (Wildman–Crippen MR) is 71.4 cm³/mol. The smallest absolute Gasteiger partial charge is 0.258 e. The van der Waals surface area contributed by atoms with Crippen LogP contribution in [-0.2, 0) is 6.42 Å². The van der Waals surface area contributed by atoms with Gasteiger partial charge in [0.1, 0.15) is 0 Å². The van der Waals surface area contributed by atoms with E-state index in [4.69, 9.17) is 0 Å². The molecule has 1 aliphatic rings. The fourth-order valence-corrected chi connectivity index (χ4v) is 2.89. The standard InChI is InChI=1S/C13H16BrNO2/c1-9(11-4-5-11)13(14)8-10-2-6-12(7-3-10)15(16)17/h2-3,6-7,9,11,13H,4-5,8H2,1H3. The first-order chi connectivity index (χ1) is 8.08. The van der Waals surface area contributed by atoms with Crippen molar-refractivity contribution in [1.29, 1.82) is 0 Å². The molecule has 1 aliphatic carbocycles. The lowest BCUT2D eigenvalue weighted by Crippen LogP contribution is -2.15. The number of hydrogen-bond donors (Lipinski definition) is 0. The first-order valence-electron chi connectivity index (χ1n) is 5.95. The molecule has 0 aromatic heterocycles. The van der Waals surface area contributed by atoms with Crippen LogP contribution in [0.25, 0.3) is 0 Å². The molecule has 4 heteroatoms. The van der Waals surface area contributed by atoms with Gasteiger partial charge in [-0.3, -0.25) is 10.1 Å². The topological polar surface area (TPSA) is 43.1 Å². The molecule has 0 saturated heterocycles. The van der Waals surface area contributed by atoms with Crippen LogP contribution in [0.2, 0.25) is 0 Å². The molecule has 0 spiro atoms. The highest BCUT2D eigenvalue weighted by atomic mass is 79.9. The first kappa shape index (κ1) is 12.6. The largest absolute Gasteiger partial charge is 0.269 e. The van der Waals surface area contributed by atoms with Crippen molar-refractivity contribution in [2.45, 2.75) is 31.0 Å². The van der Waals surface area contributed by atoms with Gasteiger partial charge in [0.25, 0.3) is 5.69 Å². The van der Waals surface area contributed by atoms with Gasteiger partial charge in [-0.2, -0.15) is 0 Å². The molecule has 0 heterocycles. The Kier molecular flexibility index (Phi) is 3.82. The average Bonchev–Trinajstić information content (AvgIpc) is 3.12. The van der Waals surface area contributed by atoms with Crippen LogP contribution in [0, 0.1) is 22.0 Å². The van der Waals surface area contributed by atoms with Crippen LogP contribution in [-0.4, -0.2) is 9.75 Å². The summed E-state index contributed by atoms with van der Waals surface area (Å²) < 4.78 is 0. The molecule has 3 nitrogen and oxygen atoms in total. The van der Waals surface area contributed by atoms with Gasteiger partial charge in [0.2, 0.25) is 0 Å². The number of benzene rings is 1. The van der Waals surface area contributed by atoms with Crippen LogP contribution < -0.4 is 0 Å². The van der Waals surface area contributed by atoms with Gasteiger partial charge in [0, 0.05) is 17.0 Å². The molecule has 1 aromatic rings. The van der Waals surface area contributed by atoms with E-state index in [2.05, 4.69) is 22.9 Å². The molecular formula is C13H16BrNO2. The molecule has 0 bridgehead atoms. The summed E-state index contributed by atoms with van der Waals surface area (Å²) in [4.78, 5) is 10.6. The zero-order chi connectivity index (χ0) is 12.4. The number of hydrogen-bond acceptors (Lipinski definition) is 2. The summed E-state index contributed by atoms with van der Waals surface area (Å²) in [5, 5.41) is 10.5. The average molecular weight is 298 g/mol. The molecule has 2 rings (SSSR count). The molecule has 0 amide bonds. The first-order valence-corrected chi connectivity index (χ1v) is 6.87. The van der Waals surface area contributed by atoms with Gasteiger partial charge in [0.15, 0.2) is 0 Å². The molecule has 1 saturated carbocycles. The van der Waals surface area contributed by atoms with E-state index in [-0.39, 0.29) is 10.6 Å². The molecule has 92 valence electrons. The second kappa shape index (κ2) is 5.17. The van der Waals surface area contributed by atoms with Crippen molar-refractivity contribution in [3.05, 3.63) is 39.9 Å². The normalized spacial score (nSPS) is 18.7. The summed E-state index contributed by atoms with van der Waals surface area (Å²) in [5.74, 6) is 1.56. The number of halogens is 1. The Hall–Kier alpha value is -0.900. The second-order valence-electron chi connectivity index (χ2n) is 4.84. The van der Waals surface area contributed by atoms with Crippen LogP contribution in [0.4, 0.5) is 5.69 Å². The fraction of sp³-hybridized carbons (Fsp3) is 0.538. The van der Waals surface area contributed by atoms with E-state index >= 15 is 0 Å². The van der Waals surface area contributed by atoms with E-state index in [0.717, 1.165) is 17.9 Å². The molecule has 1 fully saturated rings. The third-order valence-electron chi connectivity index (χ3n) is 3.51. The van der Waals surface area contributed by atoms with Crippen molar-refractivity contribution in [2.75, 3.05) is 0 Å². The monoisotopic (exact) mass is 297 g/mol. The van der Waals surface area contributed by atoms with Gasteiger partial charge < -0.3 is 0 Å². The van der Waals surface area contributed by atoms with E-state index in [1.807, 2.05) is 12.1 Å². The van der Waals surface area contributed by atoms with Crippen molar-refractivity contribution in [1.82, 2.24) is 0 Å². The van der Waals surface area contributed by atoms with Crippen molar-refractivity contribution in [3.8, 4) is 0 Å². The van der Waals surface area contributed by atoms with Crippen LogP contribution >= 0.6 is 15.9 Å². The van der Waals surface area contributed by atoms with E-state index in [9.17, 15) is 10.1 Å². The van der Waals surface area contributed by atoms with Crippen molar-refractivity contribution in [2.24, 2.45) is 11.8 Å². The molecule has 1 aromatic carbocycles. The maximum absolute atomic E-state index is 10.5. The lowest BCUT2D eigenvalue weighted by atomic mass is 9.97. The Morgan fingerprint density at radius 3 is 2.47 bits per heavy atom. The molecule has 0 aliphatic heterocycles. The van der Waals surface area contributed by atoms with Crippen molar-refractivity contribution >= 4 is 21.6 Å². The Morgan fingerprint density at radius 2 is 2.00 bits per heavy atom. The second-order valence-corrected chi connectivity index (χ2v) is 6.02. The van der Waals surface area contributed by atoms with Gasteiger partial charge >= 0.3 is 0 Å². The zero-order valence-corrected chi connectivity index (χ0v) is 11.4. The van der Waals surface area contributed by atoms with E-state index in [1.54, 1.807) is 12.1 Å². The number of nitro groups is 1. The lowest BCUT2D eigenvalue weighted by Gasteiger charge is -2.17. The molecule has 2 atom stereocenters. The summed E-state index contributed by atoms with van der Waals surface area (Å²) in [6.45, 7) is 2.28. The highest BCUT2D eigenvalue weighted by Crippen LogP contribution is 2.40. The number of rotatable bonds is 5. The maximum atomic E-state index is 10.5. The lowest BCUT2D eigenvalue weighted by molar-refractivity contribution is -0.384. The Morgan fingerprint density at radius 1 is 1.41 bits per heavy atom. The van der Waals surface area contributed by atoms with Gasteiger partial charge in [-0.05, 0) is 36.7 Å². The summed E-state index contributed by atoms with van der Waals surface area (Å²) in [5.41, 5.74) is 1.32. The van der Waals surface area contributed by atoms with Crippen molar-refractivity contribution < 1.29 is 4.92 Å². The minimum Gasteiger partial charge on any atom is -0.258 e. The number of nitrogens with zero attached hydrogens (tertiary/aromatic N) is 1. The van der Waals surface area contributed by atoms with E-state index < -0.39 is 0 Å². The molecule has 2 unspecified atom stereocenters. The third-order valence-corrected chi connectivity index (χ3v) is 4.67. The number of nitro benzene ring substituents is 1. The van der Waals surface area contributed by atoms with Gasteiger partial charge in [0.05, 0.1) is 4.92 Å². The third kappa shape index (κ3) is 3.28. The van der Waals surface area contributed by atoms with Crippen molar-refractivity contribution in [3.63, 3.8) is 0 Å². The summed E-state index contributed by atoms with van der Waals surface area (Å²) in [6, 6.07) is 6.87. The predicted octanol–water partition coefficient (Wildman–Crippen LogP) is 3.95. The van der Waals surface area contributed by atoms with E-state index in [1.165, 1.54) is 12.8 Å². The van der Waals surface area contributed by atoms with Crippen LogP contribution in [0.5, 0.6) is 0 Å². The van der Waals surface area contributed by atoms with Crippen LogP contribution in [0.3, 0.4) is 0 Å². The fourth-order valence-electron chi connectivity index (χ4n) is 2.08. The Labute approximate surface area is 110 Å². The SMILES string of the molecule is CC(C(Br)Cc1ccc([N+](=O)[O-])cc1)C1CC1. The summed E-state index contributed by atoms with van der Waals surface area (Å²) in [6.07, 6.45) is 3.64. The Bertz CT molecular complexity index is 400. The maximum Gasteiger partial charge on any atom is 0.269 e. The van der Waals surface area contributed by atoms with Gasteiger partial charge in [-0.25, -0.2) is 0 Å². The molecular weight excluding hydrogens is 282 g/mol. The van der Waals surface area contributed by atoms with E-state index in [0.29, 0.717) is 10.7 Å². The number of non-ortho nitro benzene ring substituents is 1. The zero-order valence-electron chi connectivity index (χ0n) is 9.80. The van der Waals surface area contributed by atoms with Gasteiger partial charge in [-0.1, -0.05) is 35.0 Å². The highest BCUT2D eigenvalue weighted by Gasteiger charge is 2.32. The van der Waals surface area contributed by atoms with Gasteiger partial charge in [-0.15, -0.1) is 0 Å². The Balaban J connectivity index is 1.95. The summed E-state index contributed by atoms with van der Waals surface area (Å²) >= 11 is 3.73. The molecule has 17 heavy (non-hydrogen) atoms. The quantitative estimate of drug-likeness (QED) is 0.469. The minimum atomic E-state index is -0.359. The highest BCUT2D eigenvalue weighted by molar-refractivity contribution is 9.09. The number of alkyl halides is 1. The van der Waals surface area contributed by atoms with Crippen LogP contribution in [0.15, 0.2) is 24.3 Å². The van der Waals surface area contributed by atoms with Crippen LogP contribution in [0.1, 0.15) is 25.3 Å². The molecule has 0 N–H and O–H groups in total. The molecule has 0 radical (unpaired) electrons. The minimum absolute atomic E-state index is 0.162. The summed E-state index contributed by atoms with van der Waals surface area (Å²) in [7, 11) is 0.